The molecule has 4 heteroatoms. The minimum Gasteiger partial charge on any atom is -0.481 e. The molecule has 0 aliphatic rings. The maximum Gasteiger partial charge on any atom is 0.303 e. The van der Waals surface area contributed by atoms with Gasteiger partial charge < -0.3 is 10.8 Å². The molecular weight excluding hydrogens is 687 g/mol. The van der Waals surface area contributed by atoms with E-state index in [1.165, 1.54) is 211 Å². The predicted octanol–water partition coefficient (Wildman–Crippen LogP) is 16.1. The van der Waals surface area contributed by atoms with Gasteiger partial charge in [0.15, 0.2) is 0 Å². The fraction of sp³-hybridized carbons (Fsp3) is 0.769. The second-order valence-electron chi connectivity index (χ2n) is 17.2. The number of carbonyl (C=O) groups excluding carboxylic acids is 1. The van der Waals surface area contributed by atoms with E-state index in [1.54, 1.807) is 16.7 Å². The van der Waals surface area contributed by atoms with Crippen molar-refractivity contribution in [3.8, 4) is 0 Å². The van der Waals surface area contributed by atoms with Gasteiger partial charge in [0.1, 0.15) is 0 Å². The number of carboxylic acid groups (broad SMARTS) is 1. The van der Waals surface area contributed by atoms with Gasteiger partial charge in [-0.3, -0.25) is 9.59 Å². The zero-order valence-corrected chi connectivity index (χ0v) is 37.2. The number of amides is 1. The van der Waals surface area contributed by atoms with Gasteiger partial charge in [0.05, 0.1) is 0 Å². The number of aliphatic carboxylic acids is 1. The van der Waals surface area contributed by atoms with Crippen molar-refractivity contribution in [2.24, 2.45) is 5.73 Å². The van der Waals surface area contributed by atoms with Crippen LogP contribution in [0.4, 0.5) is 0 Å². The molecule has 0 aliphatic carbocycles. The van der Waals surface area contributed by atoms with Gasteiger partial charge in [-0.1, -0.05) is 178 Å². The van der Waals surface area contributed by atoms with Crippen molar-refractivity contribution in [1.29, 1.82) is 0 Å². The Bertz CT molecular complexity index is 1120. The first-order valence-corrected chi connectivity index (χ1v) is 24.3. The third-order valence-electron chi connectivity index (χ3n) is 11.9. The van der Waals surface area contributed by atoms with E-state index in [1.807, 2.05) is 0 Å². The first kappa shape index (κ1) is 51.7. The average Bonchev–Trinajstić information content (AvgIpc) is 3.17. The molecule has 0 atom stereocenters. The Morgan fingerprint density at radius 2 is 0.768 bits per heavy atom. The highest BCUT2D eigenvalue weighted by atomic mass is 16.4. The van der Waals surface area contributed by atoms with Crippen LogP contribution in [-0.4, -0.2) is 17.0 Å². The summed E-state index contributed by atoms with van der Waals surface area (Å²) in [5.41, 5.74) is 11.5. The van der Waals surface area contributed by atoms with Crippen LogP contribution in [0.25, 0.3) is 0 Å². The Morgan fingerprint density at radius 3 is 1.14 bits per heavy atom. The summed E-state index contributed by atoms with van der Waals surface area (Å²) in [6.45, 7) is 4.70. The van der Waals surface area contributed by atoms with Gasteiger partial charge in [0, 0.05) is 12.8 Å². The molecule has 0 bridgehead atoms. The number of hydrogen-bond donors (Lipinski definition) is 2. The van der Waals surface area contributed by atoms with E-state index in [2.05, 4.69) is 50.3 Å². The molecule has 0 radical (unpaired) electrons. The van der Waals surface area contributed by atoms with Gasteiger partial charge in [-0.2, -0.15) is 0 Å². The lowest BCUT2D eigenvalue weighted by atomic mass is 9.91. The molecule has 0 unspecified atom stereocenters. The molecule has 1 aromatic rings. The van der Waals surface area contributed by atoms with Crippen molar-refractivity contribution >= 4 is 11.9 Å². The largest absolute Gasteiger partial charge is 0.481 e. The molecule has 3 N–H and O–H groups in total. The first-order chi connectivity index (χ1) is 27.4. The van der Waals surface area contributed by atoms with Crippen molar-refractivity contribution in [3.63, 3.8) is 0 Å². The number of nitrogens with two attached hydrogens (primary N) is 1. The van der Waals surface area contributed by atoms with Gasteiger partial charge in [-0.25, -0.2) is 0 Å². The molecule has 322 valence electrons. The third kappa shape index (κ3) is 33.7. The lowest BCUT2D eigenvalue weighted by molar-refractivity contribution is -0.137. The van der Waals surface area contributed by atoms with Crippen molar-refractivity contribution < 1.29 is 14.7 Å². The number of primary amides is 1. The normalized spacial score (nSPS) is 11.8. The summed E-state index contributed by atoms with van der Waals surface area (Å²) in [5.74, 6) is -0.818. The molecule has 0 spiro atoms. The monoisotopic (exact) mass is 778 g/mol. The first-order valence-electron chi connectivity index (χ1n) is 24.3. The summed E-state index contributed by atoms with van der Waals surface area (Å²) in [7, 11) is 0. The minimum atomic E-state index is -0.659. The number of hydrogen-bond acceptors (Lipinski definition) is 2. The number of carbonyl (C=O) groups is 2. The van der Waals surface area contributed by atoms with Crippen molar-refractivity contribution in [1.82, 2.24) is 0 Å². The van der Waals surface area contributed by atoms with Crippen LogP contribution in [0.2, 0.25) is 0 Å². The summed E-state index contributed by atoms with van der Waals surface area (Å²) >= 11 is 0. The summed E-state index contributed by atoms with van der Waals surface area (Å²) in [6.07, 6.45) is 56.9. The molecule has 0 aliphatic heterocycles. The maximum absolute atomic E-state index is 10.8. The predicted molar refractivity (Wildman–Crippen MR) is 245 cm³/mol. The molecule has 4 nitrogen and oxygen atoms in total. The Kier molecular flexibility index (Phi) is 36.4. The Morgan fingerprint density at radius 1 is 0.446 bits per heavy atom. The summed E-state index contributed by atoms with van der Waals surface area (Å²) in [4.78, 5) is 21.3. The SMILES string of the molecule is Cc1ccc(CCCCCCCC/C=C\CCCCCCCCCCCC(=O)O)c(C)c1CCCCCCCC/C=C\CCCCCCCCCCCC(N)=O. The van der Waals surface area contributed by atoms with Gasteiger partial charge in [0.25, 0.3) is 0 Å². The number of aryl methyl sites for hydroxylation is 2. The lowest BCUT2D eigenvalue weighted by Crippen LogP contribution is -2.09. The molecule has 1 rings (SSSR count). The molecule has 0 heterocycles. The summed E-state index contributed by atoms with van der Waals surface area (Å²) in [6, 6.07) is 4.80. The smallest absolute Gasteiger partial charge is 0.303 e. The topological polar surface area (TPSA) is 80.4 Å². The zero-order chi connectivity index (χ0) is 40.6. The fourth-order valence-corrected chi connectivity index (χ4v) is 8.20. The third-order valence-corrected chi connectivity index (χ3v) is 11.9. The molecule has 1 aromatic carbocycles. The number of allylic oxidation sites excluding steroid dienone is 4. The minimum absolute atomic E-state index is 0.160. The molecule has 0 saturated heterocycles. The lowest BCUT2D eigenvalue weighted by Gasteiger charge is -2.15. The average molecular weight is 778 g/mol. The van der Waals surface area contributed by atoms with Crippen LogP contribution in [0.3, 0.4) is 0 Å². The van der Waals surface area contributed by atoms with Crippen LogP contribution in [0.15, 0.2) is 36.4 Å². The molecule has 0 saturated carbocycles. The zero-order valence-electron chi connectivity index (χ0n) is 37.2. The van der Waals surface area contributed by atoms with E-state index >= 15 is 0 Å². The van der Waals surface area contributed by atoms with E-state index in [0.717, 1.165) is 25.7 Å². The van der Waals surface area contributed by atoms with Crippen LogP contribution in [0.1, 0.15) is 253 Å². The van der Waals surface area contributed by atoms with Crippen molar-refractivity contribution in [2.75, 3.05) is 0 Å². The van der Waals surface area contributed by atoms with E-state index in [-0.39, 0.29) is 5.91 Å². The summed E-state index contributed by atoms with van der Waals surface area (Å²) in [5, 5.41) is 8.68. The number of unbranched alkanes of at least 4 members (excludes halogenated alkanes) is 30. The molecule has 0 aromatic heterocycles. The van der Waals surface area contributed by atoms with E-state index < -0.39 is 5.97 Å². The quantitative estimate of drug-likeness (QED) is 0.0512. The second kappa shape index (κ2) is 39.5. The number of carboxylic acids is 1. The fourth-order valence-electron chi connectivity index (χ4n) is 8.20. The number of benzene rings is 1. The van der Waals surface area contributed by atoms with Gasteiger partial charge >= 0.3 is 5.97 Å². The van der Waals surface area contributed by atoms with E-state index in [9.17, 15) is 9.59 Å². The highest BCUT2D eigenvalue weighted by Crippen LogP contribution is 2.23. The van der Waals surface area contributed by atoms with Crippen LogP contribution in [-0.2, 0) is 22.4 Å². The molecular formula is C52H91NO3. The van der Waals surface area contributed by atoms with Gasteiger partial charge in [0.2, 0.25) is 5.91 Å². The highest BCUT2D eigenvalue weighted by molar-refractivity contribution is 5.73. The van der Waals surface area contributed by atoms with Crippen LogP contribution in [0.5, 0.6) is 0 Å². The summed E-state index contributed by atoms with van der Waals surface area (Å²) < 4.78 is 0. The van der Waals surface area contributed by atoms with Crippen LogP contribution in [0, 0.1) is 13.8 Å². The second-order valence-corrected chi connectivity index (χ2v) is 17.2. The van der Waals surface area contributed by atoms with Gasteiger partial charge in [-0.05, 0) is 126 Å². The Hall–Kier alpha value is -2.36. The Labute approximate surface area is 347 Å². The maximum atomic E-state index is 10.8. The number of rotatable bonds is 42. The Balaban J connectivity index is 1.94. The van der Waals surface area contributed by atoms with Crippen molar-refractivity contribution in [2.45, 2.75) is 258 Å². The van der Waals surface area contributed by atoms with Crippen LogP contribution >= 0.6 is 0 Å². The molecule has 0 fully saturated rings. The standard InChI is InChI=1S/C52H91NO3/c1-47-45-46-49(41-37-33-29-25-21-17-13-9-5-3-8-12-16-20-24-28-32-36-40-44-52(55)56)48(2)50(47)42-38-34-30-26-22-18-14-10-6-4-7-11-15-19-23-27-31-35-39-43-51(53)54/h5-6,9-10,45-46H,3-4,7-8,11-44H2,1-2H3,(H2,53,54)(H,55,56)/b9-5-,10-6-. The molecule has 1 amide bonds. The van der Waals surface area contributed by atoms with E-state index in [4.69, 9.17) is 10.8 Å². The van der Waals surface area contributed by atoms with Crippen LogP contribution < -0.4 is 5.73 Å². The van der Waals surface area contributed by atoms with E-state index in [0.29, 0.717) is 12.8 Å². The van der Waals surface area contributed by atoms with Crippen molar-refractivity contribution in [3.05, 3.63) is 58.7 Å². The van der Waals surface area contributed by atoms with Gasteiger partial charge in [-0.15, -0.1) is 0 Å². The highest BCUT2D eigenvalue weighted by Gasteiger charge is 2.08. The molecule has 56 heavy (non-hydrogen) atoms.